The van der Waals surface area contributed by atoms with Gasteiger partial charge in [0.1, 0.15) is 0 Å². The molecule has 0 saturated heterocycles. The first kappa shape index (κ1) is 16.7. The minimum atomic E-state index is -0.105. The topological polar surface area (TPSA) is 49.4 Å². The summed E-state index contributed by atoms with van der Waals surface area (Å²) in [6.07, 6.45) is 2.11. The van der Waals surface area contributed by atoms with Gasteiger partial charge >= 0.3 is 0 Å². The van der Waals surface area contributed by atoms with Crippen LogP contribution in [0.5, 0.6) is 0 Å². The molecule has 0 unspecified atom stereocenters. The normalized spacial score (nSPS) is 13.4. The molecule has 2 aromatic rings. The van der Waals surface area contributed by atoms with Crippen molar-refractivity contribution in [1.82, 2.24) is 10.2 Å². The zero-order chi connectivity index (χ0) is 17.1. The smallest absolute Gasteiger partial charge is 0.254 e. The lowest BCUT2D eigenvalue weighted by molar-refractivity contribution is 0.0729. The average molecular weight is 387 g/mol. The van der Waals surface area contributed by atoms with Gasteiger partial charge in [-0.1, -0.05) is 28.1 Å². The molecule has 0 spiro atoms. The highest BCUT2D eigenvalue weighted by atomic mass is 79.9. The lowest BCUT2D eigenvalue weighted by Crippen LogP contribution is -2.32. The molecule has 1 fully saturated rings. The maximum Gasteiger partial charge on any atom is 0.254 e. The summed E-state index contributed by atoms with van der Waals surface area (Å²) in [4.78, 5) is 26.3. The Morgan fingerprint density at radius 1 is 1.04 bits per heavy atom. The van der Waals surface area contributed by atoms with Crippen molar-refractivity contribution in [3.63, 3.8) is 0 Å². The highest BCUT2D eigenvalue weighted by Gasteiger charge is 2.33. The maximum atomic E-state index is 12.8. The second-order valence-corrected chi connectivity index (χ2v) is 6.86. The van der Waals surface area contributed by atoms with Crippen LogP contribution in [0.1, 0.15) is 39.1 Å². The van der Waals surface area contributed by atoms with Crippen molar-refractivity contribution in [3.05, 3.63) is 69.7 Å². The molecule has 24 heavy (non-hydrogen) atoms. The Morgan fingerprint density at radius 3 is 2.17 bits per heavy atom. The van der Waals surface area contributed by atoms with Crippen LogP contribution in [0.4, 0.5) is 0 Å². The minimum absolute atomic E-state index is 0.0559. The van der Waals surface area contributed by atoms with Crippen molar-refractivity contribution in [2.75, 3.05) is 7.05 Å². The zero-order valence-corrected chi connectivity index (χ0v) is 15.0. The Morgan fingerprint density at radius 2 is 1.62 bits per heavy atom. The molecule has 124 valence electrons. The monoisotopic (exact) mass is 386 g/mol. The molecule has 1 saturated carbocycles. The number of nitrogens with zero attached hydrogens (tertiary/aromatic N) is 1. The van der Waals surface area contributed by atoms with E-state index in [1.807, 2.05) is 41.3 Å². The summed E-state index contributed by atoms with van der Waals surface area (Å²) >= 11 is 3.39. The molecule has 3 rings (SSSR count). The van der Waals surface area contributed by atoms with Gasteiger partial charge in [-0.2, -0.15) is 0 Å². The Bertz CT molecular complexity index is 737. The number of rotatable bonds is 5. The molecule has 5 heteroatoms. The van der Waals surface area contributed by atoms with Gasteiger partial charge in [-0.3, -0.25) is 9.59 Å². The van der Waals surface area contributed by atoms with E-state index in [2.05, 4.69) is 21.2 Å². The Balaban J connectivity index is 1.75. The molecule has 0 aromatic heterocycles. The van der Waals surface area contributed by atoms with E-state index in [9.17, 15) is 9.59 Å². The van der Waals surface area contributed by atoms with E-state index in [-0.39, 0.29) is 11.8 Å². The summed E-state index contributed by atoms with van der Waals surface area (Å²) in [5.41, 5.74) is 2.35. The molecule has 1 N–H and O–H groups in total. The Kier molecular flexibility index (Phi) is 5.00. The number of halogens is 1. The number of carbonyl (C=O) groups excluding carboxylic acids is 2. The van der Waals surface area contributed by atoms with Crippen LogP contribution in [0.3, 0.4) is 0 Å². The van der Waals surface area contributed by atoms with E-state index in [0.29, 0.717) is 23.7 Å². The molecule has 0 atom stereocenters. The van der Waals surface area contributed by atoms with Crippen molar-refractivity contribution in [2.24, 2.45) is 0 Å². The highest BCUT2D eigenvalue weighted by Crippen LogP contribution is 2.30. The maximum absolute atomic E-state index is 12.8. The molecule has 0 heterocycles. The quantitative estimate of drug-likeness (QED) is 0.852. The fraction of sp³-hybridized carbons (Fsp3) is 0.263. The van der Waals surface area contributed by atoms with Crippen LogP contribution in [-0.4, -0.2) is 29.8 Å². The average Bonchev–Trinajstić information content (AvgIpc) is 3.44. The third-order valence-corrected chi connectivity index (χ3v) is 4.66. The van der Waals surface area contributed by atoms with Crippen LogP contribution in [0.25, 0.3) is 0 Å². The van der Waals surface area contributed by atoms with Gasteiger partial charge < -0.3 is 10.2 Å². The molecular formula is C19H19BrN2O2. The summed E-state index contributed by atoms with van der Waals surface area (Å²) in [5, 5.41) is 2.61. The molecule has 1 aliphatic carbocycles. The van der Waals surface area contributed by atoms with E-state index in [1.165, 1.54) is 0 Å². The zero-order valence-electron chi connectivity index (χ0n) is 13.5. The third kappa shape index (κ3) is 3.85. The predicted octanol–water partition coefficient (Wildman–Crippen LogP) is 3.61. The summed E-state index contributed by atoms with van der Waals surface area (Å²) in [7, 11) is 1.61. The number of hydrogen-bond acceptors (Lipinski definition) is 2. The van der Waals surface area contributed by atoms with E-state index in [1.54, 1.807) is 19.2 Å². The van der Waals surface area contributed by atoms with Gasteiger partial charge in [0.15, 0.2) is 0 Å². The molecule has 2 aromatic carbocycles. The molecule has 2 amide bonds. The third-order valence-electron chi connectivity index (χ3n) is 4.14. The van der Waals surface area contributed by atoms with Crippen LogP contribution < -0.4 is 5.32 Å². The molecule has 4 nitrogen and oxygen atoms in total. The summed E-state index contributed by atoms with van der Waals surface area (Å²) in [5.74, 6) is -0.0492. The second kappa shape index (κ2) is 7.18. The number of amides is 2. The van der Waals surface area contributed by atoms with Crippen LogP contribution in [0.15, 0.2) is 53.0 Å². The van der Waals surface area contributed by atoms with Crippen LogP contribution in [0.2, 0.25) is 0 Å². The van der Waals surface area contributed by atoms with Gasteiger partial charge in [0, 0.05) is 35.2 Å². The number of carbonyl (C=O) groups is 2. The predicted molar refractivity (Wildman–Crippen MR) is 96.9 cm³/mol. The van der Waals surface area contributed by atoms with Gasteiger partial charge in [-0.05, 0) is 54.8 Å². The van der Waals surface area contributed by atoms with Gasteiger partial charge in [-0.15, -0.1) is 0 Å². The van der Waals surface area contributed by atoms with Crippen molar-refractivity contribution < 1.29 is 9.59 Å². The van der Waals surface area contributed by atoms with Crippen LogP contribution >= 0.6 is 15.9 Å². The van der Waals surface area contributed by atoms with Gasteiger partial charge in [0.2, 0.25) is 0 Å². The van der Waals surface area contributed by atoms with Gasteiger partial charge in [0.25, 0.3) is 11.8 Å². The lowest BCUT2D eigenvalue weighted by atomic mass is 10.1. The van der Waals surface area contributed by atoms with Crippen molar-refractivity contribution in [3.8, 4) is 0 Å². The summed E-state index contributed by atoms with van der Waals surface area (Å²) in [6.45, 7) is 0.563. The summed E-state index contributed by atoms with van der Waals surface area (Å²) in [6, 6.07) is 15.2. The highest BCUT2D eigenvalue weighted by molar-refractivity contribution is 9.10. The summed E-state index contributed by atoms with van der Waals surface area (Å²) < 4.78 is 0.960. The largest absolute Gasteiger partial charge is 0.355 e. The molecular weight excluding hydrogens is 368 g/mol. The first-order valence-corrected chi connectivity index (χ1v) is 8.75. The standard InChI is InChI=1S/C19H19BrN2O2/c1-21-18(23)14-4-2-13(3-5-14)12-22(17-10-11-17)19(24)15-6-8-16(20)9-7-15/h2-9,17H,10-12H2,1H3,(H,21,23). The molecule has 0 radical (unpaired) electrons. The fourth-order valence-corrected chi connectivity index (χ4v) is 2.88. The molecule has 0 bridgehead atoms. The van der Waals surface area contributed by atoms with E-state index in [0.717, 1.165) is 22.9 Å². The number of benzene rings is 2. The van der Waals surface area contributed by atoms with Crippen molar-refractivity contribution in [2.45, 2.75) is 25.4 Å². The lowest BCUT2D eigenvalue weighted by Gasteiger charge is -2.23. The van der Waals surface area contributed by atoms with Crippen molar-refractivity contribution in [1.29, 1.82) is 0 Å². The molecule has 0 aliphatic heterocycles. The molecule has 1 aliphatic rings. The number of hydrogen-bond donors (Lipinski definition) is 1. The van der Waals surface area contributed by atoms with Gasteiger partial charge in [-0.25, -0.2) is 0 Å². The van der Waals surface area contributed by atoms with Crippen molar-refractivity contribution >= 4 is 27.7 Å². The SMILES string of the molecule is CNC(=O)c1ccc(CN(C(=O)c2ccc(Br)cc2)C2CC2)cc1. The van der Waals surface area contributed by atoms with E-state index >= 15 is 0 Å². The number of nitrogens with one attached hydrogen (secondary N) is 1. The second-order valence-electron chi connectivity index (χ2n) is 5.95. The first-order chi connectivity index (χ1) is 11.6. The Hall–Kier alpha value is -2.14. The minimum Gasteiger partial charge on any atom is -0.355 e. The Labute approximate surface area is 150 Å². The van der Waals surface area contributed by atoms with Gasteiger partial charge in [0.05, 0.1) is 0 Å². The first-order valence-electron chi connectivity index (χ1n) is 7.96. The van der Waals surface area contributed by atoms with Crippen LogP contribution in [0, 0.1) is 0 Å². The van der Waals surface area contributed by atoms with Crippen LogP contribution in [-0.2, 0) is 6.54 Å². The van der Waals surface area contributed by atoms with E-state index in [4.69, 9.17) is 0 Å². The van der Waals surface area contributed by atoms with E-state index < -0.39 is 0 Å². The fourth-order valence-electron chi connectivity index (χ4n) is 2.61.